The van der Waals surface area contributed by atoms with Crippen LogP contribution in [0.4, 0.5) is 0 Å². The molecule has 0 spiro atoms. The largest absolute Gasteiger partial charge is 0.366 e. The molecule has 0 aliphatic rings. The molecule has 4 nitrogen and oxygen atoms in total. The van der Waals surface area contributed by atoms with Crippen LogP contribution in [-0.2, 0) is 9.59 Å². The Hall–Kier alpha value is -1.58. The fraction of sp³-hybridized carbons (Fsp3) is 0.600. The Morgan fingerprint density at radius 3 is 1.42 bits per heavy atom. The molecule has 0 unspecified atom stereocenters. The van der Waals surface area contributed by atoms with Gasteiger partial charge in [0.2, 0.25) is 11.8 Å². The highest BCUT2D eigenvalue weighted by molar-refractivity contribution is 5.92. The fourth-order valence-corrected chi connectivity index (χ4v) is 1.77. The smallest absolute Gasteiger partial charge is 0.244 e. The van der Waals surface area contributed by atoms with Gasteiger partial charge in [0, 0.05) is 11.1 Å². The average Bonchev–Trinajstić information content (AvgIpc) is 2.13. The van der Waals surface area contributed by atoms with E-state index in [9.17, 15) is 9.59 Å². The monoisotopic (exact) mass is 268 g/mol. The Kier molecular flexibility index (Phi) is 7.40. The van der Waals surface area contributed by atoms with Crippen molar-refractivity contribution in [2.45, 2.75) is 48.0 Å². The van der Waals surface area contributed by atoms with E-state index >= 15 is 0 Å². The van der Waals surface area contributed by atoms with E-state index in [1.165, 1.54) is 0 Å². The van der Waals surface area contributed by atoms with E-state index in [2.05, 4.69) is 33.9 Å². The lowest BCUT2D eigenvalue weighted by Crippen LogP contribution is -2.29. The van der Waals surface area contributed by atoms with Gasteiger partial charge in [0.15, 0.2) is 0 Å². The number of primary amides is 2. The number of amides is 2. The van der Waals surface area contributed by atoms with Crippen LogP contribution in [0.25, 0.3) is 0 Å². The van der Waals surface area contributed by atoms with Crippen LogP contribution >= 0.6 is 0 Å². The third kappa shape index (κ3) is 10.1. The zero-order valence-electron chi connectivity index (χ0n) is 13.1. The molecule has 19 heavy (non-hydrogen) atoms. The van der Waals surface area contributed by atoms with E-state index < -0.39 is 11.8 Å². The van der Waals surface area contributed by atoms with E-state index in [1.807, 2.05) is 13.8 Å². The van der Waals surface area contributed by atoms with Crippen LogP contribution in [0, 0.1) is 10.8 Å². The molecule has 0 saturated heterocycles. The molecule has 0 rings (SSSR count). The summed E-state index contributed by atoms with van der Waals surface area (Å²) in [6, 6.07) is 0. The number of hydrogen-bond donors (Lipinski definition) is 2. The summed E-state index contributed by atoms with van der Waals surface area (Å²) in [4.78, 5) is 20.8. The van der Waals surface area contributed by atoms with Gasteiger partial charge in [-0.3, -0.25) is 9.59 Å². The lowest BCUT2D eigenvalue weighted by Gasteiger charge is -2.32. The van der Waals surface area contributed by atoms with Gasteiger partial charge in [-0.25, -0.2) is 0 Å². The van der Waals surface area contributed by atoms with Gasteiger partial charge in [0.25, 0.3) is 0 Å². The molecule has 0 aromatic carbocycles. The van der Waals surface area contributed by atoms with Crippen molar-refractivity contribution >= 4 is 11.8 Å². The van der Waals surface area contributed by atoms with Crippen LogP contribution in [0.5, 0.6) is 0 Å². The van der Waals surface area contributed by atoms with Crippen LogP contribution < -0.4 is 11.5 Å². The van der Waals surface area contributed by atoms with Gasteiger partial charge in [0.1, 0.15) is 0 Å². The Labute approximate surface area is 116 Å². The summed E-state index contributed by atoms with van der Waals surface area (Å²) in [6.45, 7) is 19.0. The van der Waals surface area contributed by atoms with Gasteiger partial charge in [-0.2, -0.15) is 0 Å². The topological polar surface area (TPSA) is 86.2 Å². The van der Waals surface area contributed by atoms with Gasteiger partial charge in [-0.15, -0.1) is 0 Å². The first-order valence-corrected chi connectivity index (χ1v) is 6.15. The second-order valence-electron chi connectivity index (χ2n) is 6.61. The number of rotatable bonds is 4. The van der Waals surface area contributed by atoms with E-state index in [-0.39, 0.29) is 10.8 Å². The van der Waals surface area contributed by atoms with E-state index in [0.717, 1.165) is 6.42 Å². The molecule has 0 aliphatic carbocycles. The summed E-state index contributed by atoms with van der Waals surface area (Å²) in [5.74, 6) is -0.829. The lowest BCUT2D eigenvalue weighted by molar-refractivity contribution is -0.116. The summed E-state index contributed by atoms with van der Waals surface area (Å²) in [7, 11) is 0. The highest BCUT2D eigenvalue weighted by Crippen LogP contribution is 2.37. The first-order chi connectivity index (χ1) is 8.20. The third-order valence-corrected chi connectivity index (χ3v) is 2.51. The SMILES string of the molecule is C=C(C(N)=O)C(C)(C)CC(C)(C)C.C=C(C)C(N)=O. The molecule has 0 aliphatic heterocycles. The van der Waals surface area contributed by atoms with Gasteiger partial charge in [-0.1, -0.05) is 47.8 Å². The highest BCUT2D eigenvalue weighted by atomic mass is 16.1. The minimum absolute atomic E-state index is 0.182. The Balaban J connectivity index is 0. The fourth-order valence-electron chi connectivity index (χ4n) is 1.77. The van der Waals surface area contributed by atoms with Crippen LogP contribution in [0.1, 0.15) is 48.0 Å². The molecule has 0 saturated carbocycles. The van der Waals surface area contributed by atoms with Crippen LogP contribution in [0.2, 0.25) is 0 Å². The molecule has 0 aromatic heterocycles. The Morgan fingerprint density at radius 2 is 1.26 bits per heavy atom. The molecule has 4 heteroatoms. The van der Waals surface area contributed by atoms with Crippen molar-refractivity contribution < 1.29 is 9.59 Å². The molecule has 0 bridgehead atoms. The molecule has 0 heterocycles. The minimum atomic E-state index is -0.435. The summed E-state index contributed by atoms with van der Waals surface area (Å²) in [6.07, 6.45) is 0.905. The highest BCUT2D eigenvalue weighted by Gasteiger charge is 2.30. The molecular formula is C15H28N2O2. The molecule has 0 atom stereocenters. The number of hydrogen-bond acceptors (Lipinski definition) is 2. The minimum Gasteiger partial charge on any atom is -0.366 e. The van der Waals surface area contributed by atoms with Crippen molar-refractivity contribution in [3.63, 3.8) is 0 Å². The summed E-state index contributed by atoms with van der Waals surface area (Å²) in [5.41, 5.74) is 10.8. The molecule has 0 aromatic rings. The van der Waals surface area contributed by atoms with Crippen molar-refractivity contribution in [1.82, 2.24) is 0 Å². The zero-order valence-corrected chi connectivity index (χ0v) is 13.1. The zero-order chi connectivity index (χ0) is 16.0. The van der Waals surface area contributed by atoms with Gasteiger partial charge >= 0.3 is 0 Å². The second-order valence-corrected chi connectivity index (χ2v) is 6.61. The first-order valence-electron chi connectivity index (χ1n) is 6.15. The maximum absolute atomic E-state index is 11.0. The molecule has 2 amide bonds. The number of nitrogens with two attached hydrogens (primary N) is 2. The molecular weight excluding hydrogens is 240 g/mol. The second kappa shape index (κ2) is 7.12. The van der Waals surface area contributed by atoms with Crippen LogP contribution in [0.3, 0.4) is 0 Å². The van der Waals surface area contributed by atoms with Crippen LogP contribution in [0.15, 0.2) is 24.3 Å². The number of carbonyl (C=O) groups is 2. The average molecular weight is 268 g/mol. The van der Waals surface area contributed by atoms with Crippen molar-refractivity contribution in [3.8, 4) is 0 Å². The molecule has 0 fully saturated rings. The quantitative estimate of drug-likeness (QED) is 0.768. The van der Waals surface area contributed by atoms with Gasteiger partial charge < -0.3 is 11.5 Å². The summed E-state index contributed by atoms with van der Waals surface area (Å²) < 4.78 is 0. The predicted octanol–water partition coefficient (Wildman–Crippen LogP) is 2.54. The van der Waals surface area contributed by atoms with E-state index in [4.69, 9.17) is 11.5 Å². The van der Waals surface area contributed by atoms with Crippen molar-refractivity contribution in [2.75, 3.05) is 0 Å². The Bertz CT molecular complexity index is 362. The van der Waals surface area contributed by atoms with Crippen molar-refractivity contribution in [1.29, 1.82) is 0 Å². The van der Waals surface area contributed by atoms with Crippen molar-refractivity contribution in [3.05, 3.63) is 24.3 Å². The summed E-state index contributed by atoms with van der Waals surface area (Å²) in [5, 5.41) is 0. The molecule has 4 N–H and O–H groups in total. The van der Waals surface area contributed by atoms with Gasteiger partial charge in [-0.05, 0) is 24.2 Å². The predicted molar refractivity (Wildman–Crippen MR) is 80.2 cm³/mol. The summed E-state index contributed by atoms with van der Waals surface area (Å²) >= 11 is 0. The van der Waals surface area contributed by atoms with E-state index in [1.54, 1.807) is 6.92 Å². The normalized spacial score (nSPS) is 11.1. The lowest BCUT2D eigenvalue weighted by atomic mass is 9.72. The van der Waals surface area contributed by atoms with E-state index in [0.29, 0.717) is 11.1 Å². The standard InChI is InChI=1S/C11H21NO.C4H7NO/c1-8(9(12)13)11(5,6)7-10(2,3)4;1-3(2)4(5)6/h1,7H2,2-6H3,(H2,12,13);1H2,2H3,(H2,5,6). The number of carbonyl (C=O) groups excluding carboxylic acids is 2. The maximum atomic E-state index is 11.0. The third-order valence-electron chi connectivity index (χ3n) is 2.51. The van der Waals surface area contributed by atoms with Crippen molar-refractivity contribution in [2.24, 2.45) is 22.3 Å². The maximum Gasteiger partial charge on any atom is 0.244 e. The first kappa shape index (κ1) is 19.8. The van der Waals surface area contributed by atoms with Gasteiger partial charge in [0.05, 0.1) is 0 Å². The molecule has 0 radical (unpaired) electrons. The van der Waals surface area contributed by atoms with Crippen LogP contribution in [-0.4, -0.2) is 11.8 Å². The molecule has 110 valence electrons. The Morgan fingerprint density at radius 1 is 0.947 bits per heavy atom.